The molecule has 0 bridgehead atoms. The highest BCUT2D eigenvalue weighted by Gasteiger charge is 2.16. The minimum atomic E-state index is -0.529. The number of fused-ring (bicyclic) bond motifs is 1. The Bertz CT molecular complexity index is 1210. The average Bonchev–Trinajstić information content (AvgIpc) is 3.13. The summed E-state index contributed by atoms with van der Waals surface area (Å²) < 4.78 is 18.0. The first-order valence-corrected chi connectivity index (χ1v) is 11.4. The second kappa shape index (κ2) is 10.6. The molecule has 2 aromatic carbocycles. The number of carbonyl (C=O) groups excluding carboxylic acids is 2. The Morgan fingerprint density at radius 3 is 2.44 bits per heavy atom. The molecule has 0 aliphatic heterocycles. The van der Waals surface area contributed by atoms with E-state index in [0.29, 0.717) is 17.7 Å². The summed E-state index contributed by atoms with van der Waals surface area (Å²) in [5.74, 6) is -0.127. The van der Waals surface area contributed by atoms with E-state index in [9.17, 15) is 9.59 Å². The Hall–Kier alpha value is -3.54. The number of aryl methyl sites for hydroxylation is 1. The van der Waals surface area contributed by atoms with E-state index in [-0.39, 0.29) is 5.97 Å². The van der Waals surface area contributed by atoms with Crippen LogP contribution in [0.5, 0.6) is 5.75 Å². The van der Waals surface area contributed by atoms with Crippen molar-refractivity contribution >= 4 is 28.9 Å². The van der Waals surface area contributed by atoms with Crippen molar-refractivity contribution in [2.75, 3.05) is 14.2 Å². The number of nitrogens with zero attached hydrogens (tertiary/aromatic N) is 1. The molecule has 0 atom stereocenters. The van der Waals surface area contributed by atoms with Gasteiger partial charge in [0.25, 0.3) is 0 Å². The van der Waals surface area contributed by atoms with E-state index >= 15 is 0 Å². The maximum absolute atomic E-state index is 12.1. The normalized spacial score (nSPS) is 11.7. The van der Waals surface area contributed by atoms with Crippen molar-refractivity contribution in [2.45, 2.75) is 52.7 Å². The van der Waals surface area contributed by atoms with Crippen LogP contribution < -0.4 is 4.74 Å². The summed E-state index contributed by atoms with van der Waals surface area (Å²) in [5, 5.41) is 1.11. The second-order valence-electron chi connectivity index (χ2n) is 9.19. The van der Waals surface area contributed by atoms with E-state index in [1.807, 2.05) is 32.9 Å². The zero-order chi connectivity index (χ0) is 24.9. The molecule has 34 heavy (non-hydrogen) atoms. The number of methoxy groups -OCH3 is 2. The Morgan fingerprint density at radius 2 is 1.79 bits per heavy atom. The van der Waals surface area contributed by atoms with E-state index in [0.717, 1.165) is 40.6 Å². The third-order valence-corrected chi connectivity index (χ3v) is 5.36. The van der Waals surface area contributed by atoms with Gasteiger partial charge in [-0.2, -0.15) is 0 Å². The van der Waals surface area contributed by atoms with E-state index in [1.165, 1.54) is 13.2 Å². The lowest BCUT2D eigenvalue weighted by atomic mass is 10.0. The SMILES string of the molecule is CCCn1cc(Cc2ccc(C(=O)OC)cc2OC)c2cc(/C=C/C(=O)OC(C)(C)C)ccc21. The van der Waals surface area contributed by atoms with E-state index in [1.54, 1.807) is 25.3 Å². The monoisotopic (exact) mass is 463 g/mol. The van der Waals surface area contributed by atoms with Gasteiger partial charge in [0.2, 0.25) is 0 Å². The molecule has 1 aromatic heterocycles. The largest absolute Gasteiger partial charge is 0.496 e. The summed E-state index contributed by atoms with van der Waals surface area (Å²) in [5.41, 5.74) is 4.09. The molecule has 0 aliphatic carbocycles. The molecule has 6 heteroatoms. The fourth-order valence-electron chi connectivity index (χ4n) is 3.90. The molecule has 6 nitrogen and oxygen atoms in total. The predicted octanol–water partition coefficient (Wildman–Crippen LogP) is 5.79. The van der Waals surface area contributed by atoms with Gasteiger partial charge in [-0.15, -0.1) is 0 Å². The van der Waals surface area contributed by atoms with E-state index in [4.69, 9.17) is 14.2 Å². The van der Waals surface area contributed by atoms with Gasteiger partial charge in [0.05, 0.1) is 19.8 Å². The maximum Gasteiger partial charge on any atom is 0.337 e. The molecule has 1 heterocycles. The molecular weight excluding hydrogens is 430 g/mol. The molecule has 0 aliphatic rings. The molecule has 0 unspecified atom stereocenters. The Morgan fingerprint density at radius 1 is 1.03 bits per heavy atom. The minimum Gasteiger partial charge on any atom is -0.496 e. The third kappa shape index (κ3) is 6.07. The van der Waals surface area contributed by atoms with Crippen LogP contribution >= 0.6 is 0 Å². The predicted molar refractivity (Wildman–Crippen MR) is 134 cm³/mol. The minimum absolute atomic E-state index is 0.369. The number of esters is 2. The topological polar surface area (TPSA) is 66.8 Å². The number of rotatable bonds is 8. The van der Waals surface area contributed by atoms with Crippen molar-refractivity contribution in [1.82, 2.24) is 4.57 Å². The first kappa shape index (κ1) is 25.1. The van der Waals surface area contributed by atoms with Crippen LogP contribution in [0.1, 0.15) is 61.2 Å². The van der Waals surface area contributed by atoms with E-state index in [2.05, 4.69) is 29.8 Å². The number of benzene rings is 2. The molecule has 0 N–H and O–H groups in total. The number of hydrogen-bond donors (Lipinski definition) is 0. The van der Waals surface area contributed by atoms with Crippen molar-refractivity contribution in [1.29, 1.82) is 0 Å². The van der Waals surface area contributed by atoms with Crippen molar-refractivity contribution in [2.24, 2.45) is 0 Å². The number of aromatic nitrogens is 1. The van der Waals surface area contributed by atoms with Crippen molar-refractivity contribution in [3.63, 3.8) is 0 Å². The van der Waals surface area contributed by atoms with Gasteiger partial charge in [-0.3, -0.25) is 0 Å². The number of carbonyl (C=O) groups is 2. The molecule has 0 fully saturated rings. The lowest BCUT2D eigenvalue weighted by Crippen LogP contribution is -2.22. The van der Waals surface area contributed by atoms with E-state index < -0.39 is 11.6 Å². The summed E-state index contributed by atoms with van der Waals surface area (Å²) in [6.45, 7) is 8.60. The lowest BCUT2D eigenvalue weighted by Gasteiger charge is -2.17. The van der Waals surface area contributed by atoms with Gasteiger partial charge < -0.3 is 18.8 Å². The average molecular weight is 464 g/mol. The molecule has 0 saturated heterocycles. The first-order chi connectivity index (χ1) is 16.1. The smallest absolute Gasteiger partial charge is 0.337 e. The van der Waals surface area contributed by atoms with Crippen molar-refractivity contribution in [3.8, 4) is 5.75 Å². The summed E-state index contributed by atoms with van der Waals surface area (Å²) >= 11 is 0. The van der Waals surface area contributed by atoms with Gasteiger partial charge in [-0.05, 0) is 74.2 Å². The van der Waals surface area contributed by atoms with Gasteiger partial charge in [0, 0.05) is 36.1 Å². The number of hydrogen-bond acceptors (Lipinski definition) is 5. The van der Waals surface area contributed by atoms with Crippen LogP contribution in [0.25, 0.3) is 17.0 Å². The first-order valence-electron chi connectivity index (χ1n) is 11.4. The van der Waals surface area contributed by atoms with Crippen molar-refractivity contribution in [3.05, 3.63) is 70.9 Å². The van der Waals surface area contributed by atoms with Crippen LogP contribution in [0.4, 0.5) is 0 Å². The molecular formula is C28H33NO5. The van der Waals surface area contributed by atoms with Crippen LogP contribution in [0.15, 0.2) is 48.7 Å². The van der Waals surface area contributed by atoms with Crippen LogP contribution in [-0.2, 0) is 27.2 Å². The Labute approximate surface area is 201 Å². The zero-order valence-electron chi connectivity index (χ0n) is 20.8. The highest BCUT2D eigenvalue weighted by atomic mass is 16.6. The van der Waals surface area contributed by atoms with Crippen LogP contribution in [0, 0.1) is 0 Å². The Balaban J connectivity index is 1.98. The fourth-order valence-corrected chi connectivity index (χ4v) is 3.90. The molecule has 0 amide bonds. The lowest BCUT2D eigenvalue weighted by molar-refractivity contribution is -0.148. The summed E-state index contributed by atoms with van der Waals surface area (Å²) in [7, 11) is 2.96. The Kier molecular flexibility index (Phi) is 7.82. The third-order valence-electron chi connectivity index (χ3n) is 5.36. The molecule has 0 spiro atoms. The summed E-state index contributed by atoms with van der Waals surface area (Å²) in [6, 6.07) is 11.5. The summed E-state index contributed by atoms with van der Waals surface area (Å²) in [4.78, 5) is 24.0. The molecule has 180 valence electrons. The van der Waals surface area contributed by atoms with Gasteiger partial charge in [-0.25, -0.2) is 9.59 Å². The zero-order valence-corrected chi connectivity index (χ0v) is 20.8. The second-order valence-corrected chi connectivity index (χ2v) is 9.19. The molecule has 0 saturated carbocycles. The highest BCUT2D eigenvalue weighted by Crippen LogP contribution is 2.30. The quantitative estimate of drug-likeness (QED) is 0.312. The standard InChI is InChI=1S/C28H33NO5/c1-7-14-29-18-22(16-20-10-11-21(27(31)33-6)17-25(20)32-5)23-15-19(8-12-24(23)29)9-13-26(30)34-28(2,3)4/h8-13,15,17-18H,7,14,16H2,1-6H3/b13-9+. The maximum atomic E-state index is 12.1. The fraction of sp³-hybridized carbons (Fsp3) is 0.357. The molecule has 0 radical (unpaired) electrons. The molecule has 3 rings (SSSR count). The van der Waals surface area contributed by atoms with Crippen LogP contribution in [0.3, 0.4) is 0 Å². The van der Waals surface area contributed by atoms with Gasteiger partial charge in [-0.1, -0.05) is 19.1 Å². The molecule has 3 aromatic rings. The van der Waals surface area contributed by atoms with Crippen LogP contribution in [-0.4, -0.2) is 36.3 Å². The van der Waals surface area contributed by atoms with Gasteiger partial charge in [0.15, 0.2) is 0 Å². The van der Waals surface area contributed by atoms with Gasteiger partial charge in [0.1, 0.15) is 11.4 Å². The number of ether oxygens (including phenoxy) is 3. The van der Waals surface area contributed by atoms with Crippen molar-refractivity contribution < 1.29 is 23.8 Å². The highest BCUT2D eigenvalue weighted by molar-refractivity contribution is 5.91. The van der Waals surface area contributed by atoms with Gasteiger partial charge >= 0.3 is 11.9 Å². The summed E-state index contributed by atoms with van der Waals surface area (Å²) in [6.07, 6.45) is 7.06. The van der Waals surface area contributed by atoms with Crippen LogP contribution in [0.2, 0.25) is 0 Å².